The van der Waals surface area contributed by atoms with Crippen molar-refractivity contribution in [1.29, 1.82) is 0 Å². The van der Waals surface area contributed by atoms with Gasteiger partial charge in [0, 0.05) is 5.92 Å². The Morgan fingerprint density at radius 3 is 1.62 bits per heavy atom. The van der Waals surface area contributed by atoms with Crippen LogP contribution in [0.3, 0.4) is 0 Å². The van der Waals surface area contributed by atoms with Crippen LogP contribution >= 0.6 is 8.03 Å². The predicted molar refractivity (Wildman–Crippen MR) is 94.1 cm³/mol. The highest BCUT2D eigenvalue weighted by Gasteiger charge is 2.35. The second-order valence-electron chi connectivity index (χ2n) is 6.47. The standard InChI is InChI=1S/C18H37O2P/c1-4-7-10-13-15-17(14-11-8-5-2)18(21(19)20)16-12-9-6-3/h17-18H,4-16H2,1-3H3/p+1. The third-order valence-corrected chi connectivity index (χ3v) is 5.79. The molecular weight excluding hydrogens is 279 g/mol. The molecule has 3 heteroatoms. The van der Waals surface area contributed by atoms with Gasteiger partial charge in [-0.2, -0.15) is 4.89 Å². The predicted octanol–water partition coefficient (Wildman–Crippen LogP) is 6.84. The fourth-order valence-electron chi connectivity index (χ4n) is 3.15. The summed E-state index contributed by atoms with van der Waals surface area (Å²) in [7, 11) is -2.02. The molecule has 0 bridgehead atoms. The third-order valence-electron chi connectivity index (χ3n) is 4.54. The smallest absolute Gasteiger partial charge is 0.161 e. The van der Waals surface area contributed by atoms with Crippen molar-refractivity contribution >= 4 is 8.03 Å². The highest BCUT2D eigenvalue weighted by Crippen LogP contribution is 2.38. The largest absolute Gasteiger partial charge is 0.508 e. The van der Waals surface area contributed by atoms with Crippen molar-refractivity contribution in [3.63, 3.8) is 0 Å². The maximum atomic E-state index is 11.8. The molecule has 2 nitrogen and oxygen atoms in total. The van der Waals surface area contributed by atoms with E-state index in [-0.39, 0.29) is 5.66 Å². The van der Waals surface area contributed by atoms with Gasteiger partial charge in [-0.1, -0.05) is 78.6 Å². The van der Waals surface area contributed by atoms with E-state index in [0.717, 1.165) is 25.7 Å². The van der Waals surface area contributed by atoms with Gasteiger partial charge in [0.2, 0.25) is 0 Å². The molecule has 0 aliphatic heterocycles. The van der Waals surface area contributed by atoms with Crippen LogP contribution in [0.15, 0.2) is 0 Å². The van der Waals surface area contributed by atoms with Gasteiger partial charge in [0.1, 0.15) is 0 Å². The molecule has 0 spiro atoms. The van der Waals surface area contributed by atoms with E-state index >= 15 is 0 Å². The van der Waals surface area contributed by atoms with Gasteiger partial charge >= 0.3 is 8.03 Å². The molecule has 1 N–H and O–H groups in total. The first-order chi connectivity index (χ1) is 10.2. The Morgan fingerprint density at radius 2 is 1.14 bits per heavy atom. The first kappa shape index (κ1) is 21.1. The molecule has 0 aliphatic rings. The molecule has 0 aromatic carbocycles. The van der Waals surface area contributed by atoms with Crippen LogP contribution in [0.4, 0.5) is 0 Å². The monoisotopic (exact) mass is 317 g/mol. The number of hydrogen-bond acceptors (Lipinski definition) is 1. The fraction of sp³-hybridized carbons (Fsp3) is 1.00. The van der Waals surface area contributed by atoms with E-state index in [0.29, 0.717) is 5.92 Å². The van der Waals surface area contributed by atoms with E-state index in [9.17, 15) is 9.46 Å². The molecule has 126 valence electrons. The van der Waals surface area contributed by atoms with Crippen LogP contribution in [-0.2, 0) is 4.57 Å². The van der Waals surface area contributed by atoms with E-state index < -0.39 is 8.03 Å². The van der Waals surface area contributed by atoms with Crippen molar-refractivity contribution in [3.05, 3.63) is 0 Å². The molecule has 0 heterocycles. The summed E-state index contributed by atoms with van der Waals surface area (Å²) in [4.78, 5) is 9.75. The Hall–Kier alpha value is 0.0600. The van der Waals surface area contributed by atoms with Crippen LogP contribution in [0, 0.1) is 5.92 Å². The van der Waals surface area contributed by atoms with Crippen molar-refractivity contribution in [2.75, 3.05) is 0 Å². The Labute approximate surface area is 134 Å². The lowest BCUT2D eigenvalue weighted by molar-refractivity contribution is 0.354. The lowest BCUT2D eigenvalue weighted by atomic mass is 9.89. The Balaban J connectivity index is 4.40. The number of unbranched alkanes of at least 4 members (excludes halogenated alkanes) is 7. The number of hydrogen-bond donors (Lipinski definition) is 1. The van der Waals surface area contributed by atoms with Gasteiger partial charge in [-0.25, -0.2) is 0 Å². The van der Waals surface area contributed by atoms with Crippen molar-refractivity contribution in [1.82, 2.24) is 0 Å². The quantitative estimate of drug-likeness (QED) is 0.265. The summed E-state index contributed by atoms with van der Waals surface area (Å²) >= 11 is 0. The lowest BCUT2D eigenvalue weighted by Crippen LogP contribution is -2.18. The summed E-state index contributed by atoms with van der Waals surface area (Å²) in [5.41, 5.74) is 0.0463. The van der Waals surface area contributed by atoms with E-state index in [1.807, 2.05) is 0 Å². The SMILES string of the molecule is CCCCCCC(CCCCC)C(CCCCC)[P+](=O)O. The fourth-order valence-corrected chi connectivity index (χ4v) is 4.21. The van der Waals surface area contributed by atoms with Crippen LogP contribution in [0.25, 0.3) is 0 Å². The van der Waals surface area contributed by atoms with Gasteiger partial charge in [-0.05, 0) is 30.2 Å². The molecule has 3 atom stereocenters. The summed E-state index contributed by atoms with van der Waals surface area (Å²) in [6.07, 6.45) is 15.5. The first-order valence-electron chi connectivity index (χ1n) is 9.32. The average molecular weight is 317 g/mol. The normalized spacial score (nSPS) is 15.0. The Kier molecular flexibility index (Phi) is 15.0. The molecule has 3 unspecified atom stereocenters. The molecule has 0 aromatic heterocycles. The molecule has 0 aromatic rings. The van der Waals surface area contributed by atoms with Gasteiger partial charge in [-0.15, -0.1) is 0 Å². The minimum Gasteiger partial charge on any atom is -0.161 e. The second kappa shape index (κ2) is 15.0. The van der Waals surface area contributed by atoms with Gasteiger partial charge in [0.05, 0.1) is 0 Å². The van der Waals surface area contributed by atoms with Gasteiger partial charge in [-0.3, -0.25) is 0 Å². The van der Waals surface area contributed by atoms with Gasteiger partial charge < -0.3 is 0 Å². The van der Waals surface area contributed by atoms with E-state index in [1.54, 1.807) is 0 Å². The summed E-state index contributed by atoms with van der Waals surface area (Å²) in [5, 5.41) is 0. The molecule has 0 aliphatic carbocycles. The van der Waals surface area contributed by atoms with Crippen molar-refractivity contribution in [2.45, 2.75) is 110 Å². The summed E-state index contributed by atoms with van der Waals surface area (Å²) in [6, 6.07) is 0. The zero-order valence-corrected chi connectivity index (χ0v) is 15.5. The second-order valence-corrected chi connectivity index (χ2v) is 7.74. The molecule has 0 saturated carbocycles. The minimum absolute atomic E-state index is 0.0463. The first-order valence-corrected chi connectivity index (χ1v) is 10.6. The highest BCUT2D eigenvalue weighted by molar-refractivity contribution is 7.38. The van der Waals surface area contributed by atoms with Crippen LogP contribution in [0.1, 0.15) is 104 Å². The molecule has 0 amide bonds. The Bertz CT molecular complexity index is 243. The zero-order chi connectivity index (χ0) is 15.9. The van der Waals surface area contributed by atoms with Gasteiger partial charge in [0.15, 0.2) is 5.66 Å². The highest BCUT2D eigenvalue weighted by atomic mass is 31.1. The zero-order valence-electron chi connectivity index (χ0n) is 14.6. The van der Waals surface area contributed by atoms with Crippen LogP contribution in [0.5, 0.6) is 0 Å². The molecule has 0 rings (SSSR count). The van der Waals surface area contributed by atoms with Crippen LogP contribution in [0.2, 0.25) is 0 Å². The molecule has 21 heavy (non-hydrogen) atoms. The lowest BCUT2D eigenvalue weighted by Gasteiger charge is -2.19. The molecule has 0 radical (unpaired) electrons. The molecule has 0 fully saturated rings. The van der Waals surface area contributed by atoms with Crippen molar-refractivity contribution < 1.29 is 9.46 Å². The number of rotatable bonds is 15. The van der Waals surface area contributed by atoms with Crippen molar-refractivity contribution in [3.8, 4) is 0 Å². The van der Waals surface area contributed by atoms with E-state index in [4.69, 9.17) is 0 Å². The van der Waals surface area contributed by atoms with E-state index in [1.165, 1.54) is 57.8 Å². The Morgan fingerprint density at radius 1 is 0.714 bits per heavy atom. The third kappa shape index (κ3) is 11.3. The summed E-state index contributed by atoms with van der Waals surface area (Å²) in [6.45, 7) is 6.65. The molecular formula is C18H38O2P+. The minimum atomic E-state index is -2.02. The van der Waals surface area contributed by atoms with E-state index in [2.05, 4.69) is 20.8 Å². The van der Waals surface area contributed by atoms with Crippen molar-refractivity contribution in [2.24, 2.45) is 5.92 Å². The topological polar surface area (TPSA) is 37.3 Å². The molecule has 0 saturated heterocycles. The summed E-state index contributed by atoms with van der Waals surface area (Å²) in [5.74, 6) is 0.471. The van der Waals surface area contributed by atoms with Crippen LogP contribution in [-0.4, -0.2) is 10.6 Å². The maximum absolute atomic E-state index is 11.8. The van der Waals surface area contributed by atoms with Gasteiger partial charge in [0.25, 0.3) is 0 Å². The maximum Gasteiger partial charge on any atom is 0.508 e. The summed E-state index contributed by atoms with van der Waals surface area (Å²) < 4.78 is 11.8. The van der Waals surface area contributed by atoms with Crippen LogP contribution < -0.4 is 0 Å². The average Bonchev–Trinajstić information content (AvgIpc) is 2.46.